The number of carbonyl (C=O) groups is 1. The van der Waals surface area contributed by atoms with Crippen molar-refractivity contribution in [2.75, 3.05) is 11.1 Å². The van der Waals surface area contributed by atoms with Crippen LogP contribution in [0, 0.1) is 0 Å². The van der Waals surface area contributed by atoms with Gasteiger partial charge in [-0.3, -0.25) is 14.8 Å². The van der Waals surface area contributed by atoms with E-state index in [1.807, 2.05) is 38.1 Å². The van der Waals surface area contributed by atoms with Crippen molar-refractivity contribution in [2.24, 2.45) is 0 Å². The first kappa shape index (κ1) is 19.4. The Morgan fingerprint density at radius 3 is 2.78 bits per heavy atom. The number of halogens is 1. The van der Waals surface area contributed by atoms with E-state index in [-0.39, 0.29) is 18.0 Å². The van der Waals surface area contributed by atoms with Crippen LogP contribution >= 0.6 is 23.4 Å². The van der Waals surface area contributed by atoms with Gasteiger partial charge < -0.3 is 4.42 Å². The lowest BCUT2D eigenvalue weighted by atomic mass is 10.3. The van der Waals surface area contributed by atoms with Gasteiger partial charge >= 0.3 is 6.01 Å². The number of hydrogen-bond acceptors (Lipinski definition) is 6. The largest absolute Gasteiger partial charge is 0.401 e. The van der Waals surface area contributed by atoms with Gasteiger partial charge in [-0.05, 0) is 56.4 Å². The van der Waals surface area contributed by atoms with E-state index in [9.17, 15) is 4.79 Å². The molecule has 0 radical (unpaired) electrons. The molecule has 1 N–H and O–H groups in total. The van der Waals surface area contributed by atoms with Crippen molar-refractivity contribution in [2.45, 2.75) is 37.6 Å². The minimum Gasteiger partial charge on any atom is -0.401 e. The molecule has 1 amide bonds. The number of hydrogen-bond donors (Lipinski definition) is 1. The first-order valence-electron chi connectivity index (χ1n) is 8.58. The van der Waals surface area contributed by atoms with E-state index in [0.29, 0.717) is 17.3 Å². The van der Waals surface area contributed by atoms with Gasteiger partial charge in [-0.25, -0.2) is 0 Å². The van der Waals surface area contributed by atoms with Crippen molar-refractivity contribution in [1.29, 1.82) is 0 Å². The zero-order valence-electron chi connectivity index (χ0n) is 15.1. The van der Waals surface area contributed by atoms with Gasteiger partial charge in [0.1, 0.15) is 5.69 Å². The van der Waals surface area contributed by atoms with Gasteiger partial charge in [-0.2, -0.15) is 5.10 Å². The Balaban J connectivity index is 1.46. The van der Waals surface area contributed by atoms with Gasteiger partial charge in [0.2, 0.25) is 5.91 Å². The quantitative estimate of drug-likeness (QED) is 0.432. The molecule has 3 aromatic rings. The summed E-state index contributed by atoms with van der Waals surface area (Å²) in [5.41, 5.74) is 0.720. The van der Waals surface area contributed by atoms with Crippen molar-refractivity contribution in [3.8, 4) is 11.6 Å². The highest BCUT2D eigenvalue weighted by Gasteiger charge is 2.16. The van der Waals surface area contributed by atoms with Crippen molar-refractivity contribution >= 4 is 35.3 Å². The fraction of sp³-hybridized carbons (Fsp3) is 0.333. The van der Waals surface area contributed by atoms with Crippen LogP contribution in [0.3, 0.4) is 0 Å². The van der Waals surface area contributed by atoms with Crippen LogP contribution in [-0.2, 0) is 4.79 Å². The molecule has 1 aromatic carbocycles. The van der Waals surface area contributed by atoms with Crippen molar-refractivity contribution in [3.63, 3.8) is 0 Å². The van der Waals surface area contributed by atoms with Gasteiger partial charge in [-0.1, -0.05) is 16.7 Å². The van der Waals surface area contributed by atoms with E-state index < -0.39 is 0 Å². The Labute approximate surface area is 166 Å². The van der Waals surface area contributed by atoms with Crippen LogP contribution in [0.4, 0.5) is 6.01 Å². The summed E-state index contributed by atoms with van der Waals surface area (Å²) in [4.78, 5) is 13.2. The summed E-state index contributed by atoms with van der Waals surface area (Å²) < 4.78 is 7.33. The van der Waals surface area contributed by atoms with E-state index in [4.69, 9.17) is 16.0 Å². The van der Waals surface area contributed by atoms with Gasteiger partial charge in [0.05, 0.1) is 0 Å². The molecule has 142 valence electrons. The number of thioether (sulfide) groups is 1. The Bertz CT molecular complexity index is 891. The van der Waals surface area contributed by atoms with Crippen LogP contribution < -0.4 is 5.32 Å². The number of carbonyl (C=O) groups excluding carboxylic acids is 1. The van der Waals surface area contributed by atoms with Crippen molar-refractivity contribution in [1.82, 2.24) is 20.0 Å². The molecule has 0 aliphatic rings. The van der Waals surface area contributed by atoms with Crippen LogP contribution in [0.25, 0.3) is 11.6 Å². The second-order valence-electron chi connectivity index (χ2n) is 6.12. The maximum absolute atomic E-state index is 12.1. The zero-order chi connectivity index (χ0) is 19.2. The number of amides is 1. The van der Waals surface area contributed by atoms with Crippen LogP contribution in [0.15, 0.2) is 45.8 Å². The van der Waals surface area contributed by atoms with Gasteiger partial charge in [-0.15, -0.1) is 16.9 Å². The standard InChI is InChI=1S/C18H20ClN5O2S/c1-12(2)24-15(9-10-20-24)17-22-23-18(26-17)21-16(25)4-3-11-27-14-7-5-13(19)6-8-14/h5-10,12H,3-4,11H2,1-2H3,(H,21,23,25). The highest BCUT2D eigenvalue weighted by atomic mass is 35.5. The zero-order valence-corrected chi connectivity index (χ0v) is 16.6. The van der Waals surface area contributed by atoms with Crippen LogP contribution in [0.5, 0.6) is 0 Å². The second kappa shape index (κ2) is 9.05. The number of nitrogens with one attached hydrogen (secondary N) is 1. The molecule has 3 rings (SSSR count). The fourth-order valence-corrected chi connectivity index (χ4v) is 3.39. The summed E-state index contributed by atoms with van der Waals surface area (Å²) in [6, 6.07) is 9.70. The molecule has 0 unspecified atom stereocenters. The fourth-order valence-electron chi connectivity index (χ4n) is 2.41. The summed E-state index contributed by atoms with van der Waals surface area (Å²) in [7, 11) is 0. The lowest BCUT2D eigenvalue weighted by Gasteiger charge is -2.07. The average molecular weight is 406 g/mol. The lowest BCUT2D eigenvalue weighted by molar-refractivity contribution is -0.116. The highest BCUT2D eigenvalue weighted by molar-refractivity contribution is 7.99. The number of nitrogens with zero attached hydrogens (tertiary/aromatic N) is 4. The normalized spacial score (nSPS) is 11.1. The van der Waals surface area contributed by atoms with E-state index in [2.05, 4.69) is 20.6 Å². The Hall–Kier alpha value is -2.32. The van der Waals surface area contributed by atoms with E-state index in [1.54, 1.807) is 28.7 Å². The Kier molecular flexibility index (Phi) is 6.52. The van der Waals surface area contributed by atoms with Gasteiger partial charge in [0, 0.05) is 28.6 Å². The molecule has 0 spiro atoms. The first-order valence-corrected chi connectivity index (χ1v) is 9.95. The third kappa shape index (κ3) is 5.33. The average Bonchev–Trinajstić information content (AvgIpc) is 3.29. The van der Waals surface area contributed by atoms with Crippen molar-refractivity contribution in [3.05, 3.63) is 41.6 Å². The molecule has 0 atom stereocenters. The van der Waals surface area contributed by atoms with E-state index in [0.717, 1.165) is 22.8 Å². The Morgan fingerprint density at radius 1 is 1.26 bits per heavy atom. The molecule has 9 heteroatoms. The summed E-state index contributed by atoms with van der Waals surface area (Å²) in [5, 5.41) is 15.5. The summed E-state index contributed by atoms with van der Waals surface area (Å²) in [6.07, 6.45) is 2.79. The molecule has 0 bridgehead atoms. The molecule has 0 aliphatic carbocycles. The molecule has 0 aliphatic heterocycles. The summed E-state index contributed by atoms with van der Waals surface area (Å²) in [5.74, 6) is 1.01. The summed E-state index contributed by atoms with van der Waals surface area (Å²) in [6.45, 7) is 4.02. The Morgan fingerprint density at radius 2 is 2.04 bits per heavy atom. The SMILES string of the molecule is CC(C)n1nccc1-c1nnc(NC(=O)CCCSc2ccc(Cl)cc2)o1. The van der Waals surface area contributed by atoms with Crippen LogP contribution in [0.2, 0.25) is 5.02 Å². The second-order valence-corrected chi connectivity index (χ2v) is 7.73. The molecule has 2 aromatic heterocycles. The van der Waals surface area contributed by atoms with Crippen LogP contribution in [-0.4, -0.2) is 31.6 Å². The third-order valence-electron chi connectivity index (χ3n) is 3.68. The summed E-state index contributed by atoms with van der Waals surface area (Å²) >= 11 is 7.55. The van der Waals surface area contributed by atoms with Crippen molar-refractivity contribution < 1.29 is 9.21 Å². The monoisotopic (exact) mass is 405 g/mol. The predicted molar refractivity (Wildman–Crippen MR) is 106 cm³/mol. The minimum atomic E-state index is -0.153. The molecule has 27 heavy (non-hydrogen) atoms. The van der Waals surface area contributed by atoms with E-state index >= 15 is 0 Å². The maximum Gasteiger partial charge on any atom is 0.322 e. The molecule has 0 saturated heterocycles. The smallest absolute Gasteiger partial charge is 0.322 e. The third-order valence-corrected chi connectivity index (χ3v) is 5.03. The number of anilines is 1. The lowest BCUT2D eigenvalue weighted by Crippen LogP contribution is -2.11. The number of rotatable bonds is 8. The topological polar surface area (TPSA) is 85.8 Å². The molecular weight excluding hydrogens is 386 g/mol. The minimum absolute atomic E-state index is 0.0943. The molecule has 0 fully saturated rings. The van der Waals surface area contributed by atoms with E-state index in [1.165, 1.54) is 0 Å². The maximum atomic E-state index is 12.1. The molecule has 2 heterocycles. The molecule has 0 saturated carbocycles. The molecular formula is C18H20ClN5O2S. The number of benzene rings is 1. The number of aromatic nitrogens is 4. The highest BCUT2D eigenvalue weighted by Crippen LogP contribution is 2.23. The van der Waals surface area contributed by atoms with Gasteiger partial charge in [0.25, 0.3) is 5.89 Å². The molecule has 7 nitrogen and oxygen atoms in total. The van der Waals surface area contributed by atoms with Gasteiger partial charge in [0.15, 0.2) is 0 Å². The predicted octanol–water partition coefficient (Wildman–Crippen LogP) is 4.68. The van der Waals surface area contributed by atoms with Crippen LogP contribution in [0.1, 0.15) is 32.7 Å². The first-order chi connectivity index (χ1) is 13.0.